The summed E-state index contributed by atoms with van der Waals surface area (Å²) >= 11 is 11.6. The Morgan fingerprint density at radius 2 is 1.67 bits per heavy atom. The number of carboxylic acid groups (broad SMARTS) is 1. The smallest absolute Gasteiger partial charge is 0.335 e. The highest BCUT2D eigenvalue weighted by Crippen LogP contribution is 2.27. The largest absolute Gasteiger partial charge is 0.478 e. The Morgan fingerprint density at radius 3 is 2.24 bits per heavy atom. The lowest BCUT2D eigenvalue weighted by Gasteiger charge is -2.02. The van der Waals surface area contributed by atoms with Crippen LogP contribution < -0.4 is 0 Å². The van der Waals surface area contributed by atoms with Gasteiger partial charge in [-0.05, 0) is 42.3 Å². The minimum Gasteiger partial charge on any atom is -0.478 e. The number of rotatable bonds is 4. The third-order valence-corrected chi connectivity index (χ3v) is 3.65. The van der Waals surface area contributed by atoms with Crippen molar-refractivity contribution >= 4 is 35.0 Å². The van der Waals surface area contributed by atoms with Crippen LogP contribution in [-0.2, 0) is 6.42 Å². The quantitative estimate of drug-likeness (QED) is 0.834. The Balaban J connectivity index is 2.12. The predicted molar refractivity (Wildman–Crippen MR) is 82.7 cm³/mol. The second-order valence-corrected chi connectivity index (χ2v) is 5.20. The van der Waals surface area contributed by atoms with E-state index in [9.17, 15) is 9.18 Å². The number of carboxylic acids is 1. The van der Waals surface area contributed by atoms with Crippen LogP contribution in [0.1, 0.15) is 21.5 Å². The first kappa shape index (κ1) is 15.5. The van der Waals surface area contributed by atoms with Crippen molar-refractivity contribution in [1.82, 2.24) is 0 Å². The molecule has 0 fully saturated rings. The molecule has 2 aromatic rings. The fourth-order valence-corrected chi connectivity index (χ4v) is 2.05. The molecule has 0 amide bonds. The topological polar surface area (TPSA) is 37.3 Å². The summed E-state index contributed by atoms with van der Waals surface area (Å²) in [6.45, 7) is 0. The van der Waals surface area contributed by atoms with Crippen LogP contribution in [0, 0.1) is 0 Å². The summed E-state index contributed by atoms with van der Waals surface area (Å²) in [6, 6.07) is 10.8. The SMILES string of the molecule is O=C(O)c1ccc(C/C=C(\F)c2ccc(Cl)c(Cl)c2)cc1. The van der Waals surface area contributed by atoms with Gasteiger partial charge in [0, 0.05) is 5.56 Å². The van der Waals surface area contributed by atoms with Crippen LogP contribution in [0.15, 0.2) is 48.5 Å². The van der Waals surface area contributed by atoms with E-state index in [0.717, 1.165) is 5.56 Å². The van der Waals surface area contributed by atoms with Gasteiger partial charge < -0.3 is 5.11 Å². The lowest BCUT2D eigenvalue weighted by Crippen LogP contribution is -1.95. The van der Waals surface area contributed by atoms with E-state index in [-0.39, 0.29) is 5.56 Å². The van der Waals surface area contributed by atoms with E-state index in [0.29, 0.717) is 22.0 Å². The van der Waals surface area contributed by atoms with Gasteiger partial charge in [-0.1, -0.05) is 41.4 Å². The zero-order valence-corrected chi connectivity index (χ0v) is 12.3. The van der Waals surface area contributed by atoms with Crippen LogP contribution in [0.2, 0.25) is 10.0 Å². The molecule has 2 aromatic carbocycles. The second-order valence-electron chi connectivity index (χ2n) is 4.39. The van der Waals surface area contributed by atoms with Crippen molar-refractivity contribution in [2.75, 3.05) is 0 Å². The second kappa shape index (κ2) is 6.74. The van der Waals surface area contributed by atoms with Gasteiger partial charge in [-0.2, -0.15) is 0 Å². The minimum absolute atomic E-state index is 0.202. The molecule has 0 spiro atoms. The van der Waals surface area contributed by atoms with Gasteiger partial charge in [0.25, 0.3) is 0 Å². The van der Waals surface area contributed by atoms with Crippen molar-refractivity contribution in [1.29, 1.82) is 0 Å². The first-order chi connectivity index (χ1) is 9.97. The Bertz CT molecular complexity index is 694. The maximum Gasteiger partial charge on any atom is 0.335 e. The van der Waals surface area contributed by atoms with Crippen molar-refractivity contribution in [3.8, 4) is 0 Å². The van der Waals surface area contributed by atoms with Gasteiger partial charge in [-0.15, -0.1) is 0 Å². The fourth-order valence-electron chi connectivity index (χ4n) is 1.75. The van der Waals surface area contributed by atoms with E-state index in [1.165, 1.54) is 30.3 Å². The van der Waals surface area contributed by atoms with Gasteiger partial charge in [0.1, 0.15) is 5.83 Å². The zero-order valence-electron chi connectivity index (χ0n) is 10.8. The van der Waals surface area contributed by atoms with Crippen LogP contribution in [0.5, 0.6) is 0 Å². The predicted octanol–water partition coefficient (Wildman–Crippen LogP) is 5.24. The molecule has 2 rings (SSSR count). The van der Waals surface area contributed by atoms with Crippen molar-refractivity contribution in [2.45, 2.75) is 6.42 Å². The fraction of sp³-hybridized carbons (Fsp3) is 0.0625. The van der Waals surface area contributed by atoms with Crippen LogP contribution in [-0.4, -0.2) is 11.1 Å². The van der Waals surface area contributed by atoms with E-state index in [4.69, 9.17) is 28.3 Å². The van der Waals surface area contributed by atoms with Crippen LogP contribution >= 0.6 is 23.2 Å². The molecule has 0 atom stereocenters. The molecular formula is C16H11Cl2FO2. The number of carbonyl (C=O) groups is 1. The lowest BCUT2D eigenvalue weighted by molar-refractivity contribution is 0.0697. The molecule has 2 nitrogen and oxygen atoms in total. The van der Waals surface area contributed by atoms with E-state index in [2.05, 4.69) is 0 Å². The zero-order chi connectivity index (χ0) is 15.4. The van der Waals surface area contributed by atoms with Crippen molar-refractivity contribution in [2.24, 2.45) is 0 Å². The highest BCUT2D eigenvalue weighted by Gasteiger charge is 2.05. The first-order valence-corrected chi connectivity index (χ1v) is 6.86. The van der Waals surface area contributed by atoms with Crippen molar-refractivity contribution in [3.05, 3.63) is 75.3 Å². The van der Waals surface area contributed by atoms with Crippen LogP contribution in [0.25, 0.3) is 5.83 Å². The Kier molecular flexibility index (Phi) is 4.99. The number of benzene rings is 2. The maximum atomic E-state index is 14.0. The number of hydrogen-bond acceptors (Lipinski definition) is 1. The van der Waals surface area contributed by atoms with E-state index >= 15 is 0 Å². The average molecular weight is 325 g/mol. The maximum absolute atomic E-state index is 14.0. The summed E-state index contributed by atoms with van der Waals surface area (Å²) in [7, 11) is 0. The van der Waals surface area contributed by atoms with Gasteiger partial charge in [-0.25, -0.2) is 9.18 Å². The summed E-state index contributed by atoms with van der Waals surface area (Å²) in [5.74, 6) is -1.39. The van der Waals surface area contributed by atoms with Gasteiger partial charge in [0.15, 0.2) is 0 Å². The molecular weight excluding hydrogens is 314 g/mol. The molecule has 108 valence electrons. The Hall–Kier alpha value is -1.84. The molecule has 0 aromatic heterocycles. The van der Waals surface area contributed by atoms with Crippen molar-refractivity contribution < 1.29 is 14.3 Å². The summed E-state index contributed by atoms with van der Waals surface area (Å²) in [4.78, 5) is 10.7. The number of allylic oxidation sites excluding steroid dienone is 1. The molecule has 0 heterocycles. The molecule has 1 N–H and O–H groups in total. The van der Waals surface area contributed by atoms with Gasteiger partial charge >= 0.3 is 5.97 Å². The van der Waals surface area contributed by atoms with E-state index in [1.807, 2.05) is 0 Å². The molecule has 0 aliphatic carbocycles. The Labute approximate surface area is 131 Å². The molecule has 0 aliphatic rings. The summed E-state index contributed by atoms with van der Waals surface area (Å²) in [5, 5.41) is 9.46. The molecule has 21 heavy (non-hydrogen) atoms. The highest BCUT2D eigenvalue weighted by molar-refractivity contribution is 6.42. The monoisotopic (exact) mass is 324 g/mol. The summed E-state index contributed by atoms with van der Waals surface area (Å²) in [5.41, 5.74) is 1.37. The van der Waals surface area contributed by atoms with Gasteiger partial charge in [0.05, 0.1) is 15.6 Å². The van der Waals surface area contributed by atoms with Gasteiger partial charge in [0.2, 0.25) is 0 Å². The van der Waals surface area contributed by atoms with Crippen LogP contribution in [0.4, 0.5) is 4.39 Å². The number of hydrogen-bond donors (Lipinski definition) is 1. The third kappa shape index (κ3) is 4.06. The molecule has 0 saturated heterocycles. The number of halogens is 3. The normalized spacial score (nSPS) is 11.5. The minimum atomic E-state index is -0.987. The summed E-state index contributed by atoms with van der Waals surface area (Å²) < 4.78 is 14.0. The third-order valence-electron chi connectivity index (χ3n) is 2.91. The molecule has 5 heteroatoms. The van der Waals surface area contributed by atoms with Gasteiger partial charge in [-0.3, -0.25) is 0 Å². The molecule has 0 bridgehead atoms. The molecule has 0 saturated carbocycles. The average Bonchev–Trinajstić information content (AvgIpc) is 2.48. The lowest BCUT2D eigenvalue weighted by atomic mass is 10.1. The van der Waals surface area contributed by atoms with Crippen LogP contribution in [0.3, 0.4) is 0 Å². The van der Waals surface area contributed by atoms with E-state index in [1.54, 1.807) is 18.2 Å². The summed E-state index contributed by atoms with van der Waals surface area (Å²) in [6.07, 6.45) is 1.77. The van der Waals surface area contributed by atoms with Crippen molar-refractivity contribution in [3.63, 3.8) is 0 Å². The molecule has 0 unspecified atom stereocenters. The molecule has 0 aliphatic heterocycles. The first-order valence-electron chi connectivity index (χ1n) is 6.10. The van der Waals surface area contributed by atoms with E-state index < -0.39 is 11.8 Å². The highest BCUT2D eigenvalue weighted by atomic mass is 35.5. The molecule has 0 radical (unpaired) electrons. The Morgan fingerprint density at radius 1 is 1.05 bits per heavy atom. The number of aromatic carboxylic acids is 1. The standard InChI is InChI=1S/C16H11Cl2FO2/c17-13-7-6-12(9-14(13)18)15(19)8-3-10-1-4-11(5-2-10)16(20)21/h1-2,4-9H,3H2,(H,20,21)/b15-8-.